The molecule has 0 saturated carbocycles. The van der Waals surface area contributed by atoms with Gasteiger partial charge in [0.05, 0.1) is 5.75 Å². The van der Waals surface area contributed by atoms with E-state index >= 15 is 0 Å². The fraction of sp³-hybridized carbons (Fsp3) is 0.364. The van der Waals surface area contributed by atoms with Gasteiger partial charge in [0.1, 0.15) is 6.04 Å². The van der Waals surface area contributed by atoms with Gasteiger partial charge in [-0.2, -0.15) is 0 Å². The number of carbonyl (C=O) groups excluding carboxylic acids is 2. The Bertz CT molecular complexity index is 847. The molecule has 0 aliphatic rings. The number of thioether (sulfide) groups is 1. The molecule has 7 heteroatoms. The summed E-state index contributed by atoms with van der Waals surface area (Å²) in [4.78, 5) is 27.2. The fourth-order valence-corrected chi connectivity index (χ4v) is 4.30. The Hall–Kier alpha value is -1.50. The summed E-state index contributed by atoms with van der Waals surface area (Å²) in [5.41, 5.74) is 2.04. The van der Waals surface area contributed by atoms with Crippen LogP contribution in [0.3, 0.4) is 0 Å². The van der Waals surface area contributed by atoms with Gasteiger partial charge in [0.25, 0.3) is 0 Å². The molecular weight excluding hydrogens is 472 g/mol. The van der Waals surface area contributed by atoms with Gasteiger partial charge in [-0.05, 0) is 56.2 Å². The van der Waals surface area contributed by atoms with Crippen LogP contribution < -0.4 is 5.32 Å². The summed E-state index contributed by atoms with van der Waals surface area (Å²) in [6.45, 7) is 5.97. The molecule has 156 valence electrons. The highest BCUT2D eigenvalue weighted by Crippen LogP contribution is 2.19. The van der Waals surface area contributed by atoms with Crippen LogP contribution in [0.5, 0.6) is 0 Å². The van der Waals surface area contributed by atoms with Gasteiger partial charge in [0.2, 0.25) is 11.8 Å². The molecule has 0 fully saturated rings. The van der Waals surface area contributed by atoms with Crippen LogP contribution in [0.2, 0.25) is 5.02 Å². The minimum absolute atomic E-state index is 0.0185. The van der Waals surface area contributed by atoms with E-state index in [1.807, 2.05) is 62.4 Å². The standard InChI is InChI=1S/C22H26BrClN2O2S/c1-15(2)25-22(28)16(3)26(12-17-6-4-8-19(23)10-17)21(27)14-29-13-18-7-5-9-20(24)11-18/h4-11,15-16H,12-14H2,1-3H3,(H,25,28). The Morgan fingerprint density at radius 3 is 2.45 bits per heavy atom. The van der Waals surface area contributed by atoms with Crippen LogP contribution in [0.1, 0.15) is 31.9 Å². The van der Waals surface area contributed by atoms with Crippen molar-refractivity contribution in [3.05, 3.63) is 69.2 Å². The maximum Gasteiger partial charge on any atom is 0.242 e. The molecule has 0 saturated heterocycles. The molecule has 0 radical (unpaired) electrons. The van der Waals surface area contributed by atoms with Gasteiger partial charge in [-0.15, -0.1) is 11.8 Å². The van der Waals surface area contributed by atoms with Crippen molar-refractivity contribution in [1.29, 1.82) is 0 Å². The third kappa shape index (κ3) is 8.03. The molecule has 1 N–H and O–H groups in total. The smallest absolute Gasteiger partial charge is 0.242 e. The lowest BCUT2D eigenvalue weighted by atomic mass is 10.1. The van der Waals surface area contributed by atoms with E-state index in [2.05, 4.69) is 21.2 Å². The maximum atomic E-state index is 13.0. The molecule has 1 atom stereocenters. The maximum absolute atomic E-state index is 13.0. The first-order valence-corrected chi connectivity index (χ1v) is 11.8. The van der Waals surface area contributed by atoms with Gasteiger partial charge < -0.3 is 10.2 Å². The van der Waals surface area contributed by atoms with Gasteiger partial charge in [-0.1, -0.05) is 51.8 Å². The van der Waals surface area contributed by atoms with Crippen LogP contribution in [0, 0.1) is 0 Å². The number of hydrogen-bond donors (Lipinski definition) is 1. The first-order valence-electron chi connectivity index (χ1n) is 9.42. The normalized spacial score (nSPS) is 11.9. The highest BCUT2D eigenvalue weighted by molar-refractivity contribution is 9.10. The number of hydrogen-bond acceptors (Lipinski definition) is 3. The highest BCUT2D eigenvalue weighted by Gasteiger charge is 2.26. The Balaban J connectivity index is 2.07. The Kier molecular flexibility index (Phi) is 9.53. The lowest BCUT2D eigenvalue weighted by molar-refractivity contribution is -0.138. The van der Waals surface area contributed by atoms with Crippen LogP contribution in [0.4, 0.5) is 0 Å². The Morgan fingerprint density at radius 1 is 1.10 bits per heavy atom. The van der Waals surface area contributed by atoms with Crippen LogP contribution in [-0.4, -0.2) is 34.6 Å². The first kappa shape index (κ1) is 23.8. The van der Waals surface area contributed by atoms with E-state index in [0.29, 0.717) is 23.1 Å². The van der Waals surface area contributed by atoms with Crippen molar-refractivity contribution in [2.24, 2.45) is 0 Å². The number of halogens is 2. The van der Waals surface area contributed by atoms with Crippen LogP contribution in [0.25, 0.3) is 0 Å². The van der Waals surface area contributed by atoms with E-state index in [1.54, 1.807) is 11.8 Å². The number of carbonyl (C=O) groups is 2. The summed E-state index contributed by atoms with van der Waals surface area (Å²) in [7, 11) is 0. The zero-order valence-corrected chi connectivity index (χ0v) is 20.0. The molecule has 29 heavy (non-hydrogen) atoms. The van der Waals surface area contributed by atoms with Crippen molar-refractivity contribution in [2.75, 3.05) is 5.75 Å². The van der Waals surface area contributed by atoms with E-state index < -0.39 is 6.04 Å². The highest BCUT2D eigenvalue weighted by atomic mass is 79.9. The summed E-state index contributed by atoms with van der Waals surface area (Å²) in [5, 5.41) is 3.58. The molecular formula is C22H26BrClN2O2S. The summed E-state index contributed by atoms with van der Waals surface area (Å²) in [6, 6.07) is 14.9. The summed E-state index contributed by atoms with van der Waals surface area (Å²) < 4.78 is 0.942. The minimum Gasteiger partial charge on any atom is -0.352 e. The van der Waals surface area contributed by atoms with Crippen molar-refractivity contribution in [3.8, 4) is 0 Å². The number of amides is 2. The van der Waals surface area contributed by atoms with Gasteiger partial charge in [0, 0.05) is 27.8 Å². The molecule has 0 bridgehead atoms. The summed E-state index contributed by atoms with van der Waals surface area (Å²) in [5.74, 6) is 0.759. The zero-order chi connectivity index (χ0) is 21.4. The van der Waals surface area contributed by atoms with E-state index in [4.69, 9.17) is 11.6 Å². The predicted molar refractivity (Wildman–Crippen MR) is 125 cm³/mol. The Labute approximate surface area is 190 Å². The number of nitrogens with one attached hydrogen (secondary N) is 1. The second kappa shape index (κ2) is 11.6. The van der Waals surface area contributed by atoms with Crippen molar-refractivity contribution in [1.82, 2.24) is 10.2 Å². The van der Waals surface area contributed by atoms with Crippen molar-refractivity contribution < 1.29 is 9.59 Å². The summed E-state index contributed by atoms with van der Waals surface area (Å²) in [6.07, 6.45) is 0. The van der Waals surface area contributed by atoms with Gasteiger partial charge in [-0.25, -0.2) is 0 Å². The topological polar surface area (TPSA) is 49.4 Å². The minimum atomic E-state index is -0.560. The van der Waals surface area contributed by atoms with E-state index in [1.165, 1.54) is 11.8 Å². The third-order valence-corrected chi connectivity index (χ3v) is 5.94. The van der Waals surface area contributed by atoms with Gasteiger partial charge in [-0.3, -0.25) is 9.59 Å². The largest absolute Gasteiger partial charge is 0.352 e. The van der Waals surface area contributed by atoms with E-state index in [9.17, 15) is 9.59 Å². The average molecular weight is 498 g/mol. The number of benzene rings is 2. The van der Waals surface area contributed by atoms with Gasteiger partial charge >= 0.3 is 0 Å². The lowest BCUT2D eigenvalue weighted by Gasteiger charge is -2.29. The monoisotopic (exact) mass is 496 g/mol. The first-order chi connectivity index (χ1) is 13.8. The van der Waals surface area contributed by atoms with E-state index in [-0.39, 0.29) is 17.9 Å². The van der Waals surface area contributed by atoms with Crippen molar-refractivity contribution >= 4 is 51.1 Å². The second-order valence-corrected chi connectivity index (χ2v) is 9.45. The van der Waals surface area contributed by atoms with Gasteiger partial charge in [0.15, 0.2) is 0 Å². The van der Waals surface area contributed by atoms with Crippen molar-refractivity contribution in [2.45, 2.75) is 45.2 Å². The van der Waals surface area contributed by atoms with Crippen LogP contribution >= 0.6 is 39.3 Å². The Morgan fingerprint density at radius 2 is 1.79 bits per heavy atom. The zero-order valence-electron chi connectivity index (χ0n) is 16.8. The lowest BCUT2D eigenvalue weighted by Crippen LogP contribution is -2.49. The van der Waals surface area contributed by atoms with Crippen LogP contribution in [-0.2, 0) is 21.9 Å². The third-order valence-electron chi connectivity index (χ3n) is 4.22. The second-order valence-electron chi connectivity index (χ2n) is 7.11. The molecule has 0 heterocycles. The molecule has 2 amide bonds. The molecule has 2 rings (SSSR count). The molecule has 0 aliphatic carbocycles. The quantitative estimate of drug-likeness (QED) is 0.513. The average Bonchev–Trinajstić information content (AvgIpc) is 2.65. The van der Waals surface area contributed by atoms with E-state index in [0.717, 1.165) is 15.6 Å². The molecule has 0 aliphatic heterocycles. The SMILES string of the molecule is CC(C)NC(=O)C(C)N(Cc1cccc(Br)c1)C(=O)CSCc1cccc(Cl)c1. The number of rotatable bonds is 9. The molecule has 0 aromatic heterocycles. The summed E-state index contributed by atoms with van der Waals surface area (Å²) >= 11 is 11.0. The van der Waals surface area contributed by atoms with Crippen molar-refractivity contribution in [3.63, 3.8) is 0 Å². The molecule has 0 spiro atoms. The fourth-order valence-electron chi connectivity index (χ4n) is 2.79. The predicted octanol–water partition coefficient (Wildman–Crippen LogP) is 5.28. The molecule has 2 aromatic rings. The molecule has 4 nitrogen and oxygen atoms in total. The van der Waals surface area contributed by atoms with Crippen LogP contribution in [0.15, 0.2) is 53.0 Å². The number of nitrogens with zero attached hydrogens (tertiary/aromatic N) is 1. The molecule has 1 unspecified atom stereocenters. The molecule has 2 aromatic carbocycles.